The second-order valence-corrected chi connectivity index (χ2v) is 4.03. The van der Waals surface area contributed by atoms with Gasteiger partial charge in [-0.1, -0.05) is 0 Å². The summed E-state index contributed by atoms with van der Waals surface area (Å²) in [5, 5.41) is 14.6. The van der Waals surface area contributed by atoms with Crippen LogP contribution in [0.5, 0.6) is 0 Å². The van der Waals surface area contributed by atoms with E-state index < -0.39 is 0 Å². The van der Waals surface area contributed by atoms with Crippen LogP contribution in [0.3, 0.4) is 0 Å². The van der Waals surface area contributed by atoms with Crippen LogP contribution in [-0.2, 0) is 6.54 Å². The van der Waals surface area contributed by atoms with E-state index in [2.05, 4.69) is 39.3 Å². The Morgan fingerprint density at radius 3 is 3.14 bits per heavy atom. The number of hydrogen-bond donors (Lipinski definition) is 2. The molecular formula is C10H13N3S. The molecule has 2 aromatic rings. The fraction of sp³-hybridized carbons (Fsp3) is 0.300. The summed E-state index contributed by atoms with van der Waals surface area (Å²) in [4.78, 5) is 0. The van der Waals surface area contributed by atoms with Gasteiger partial charge in [-0.25, -0.2) is 0 Å². The van der Waals surface area contributed by atoms with E-state index in [0.29, 0.717) is 6.04 Å². The van der Waals surface area contributed by atoms with Crippen molar-refractivity contribution in [2.75, 3.05) is 0 Å². The third-order valence-corrected chi connectivity index (χ3v) is 2.91. The summed E-state index contributed by atoms with van der Waals surface area (Å²) < 4.78 is 0. The molecule has 0 aliphatic rings. The van der Waals surface area contributed by atoms with E-state index in [1.54, 1.807) is 17.5 Å². The number of nitrogens with one attached hydrogen (secondary N) is 2. The van der Waals surface area contributed by atoms with E-state index in [0.717, 1.165) is 12.2 Å². The van der Waals surface area contributed by atoms with Crippen LogP contribution in [0.25, 0.3) is 0 Å². The van der Waals surface area contributed by atoms with Gasteiger partial charge in [0.15, 0.2) is 0 Å². The summed E-state index contributed by atoms with van der Waals surface area (Å²) in [6, 6.07) is 4.44. The van der Waals surface area contributed by atoms with Gasteiger partial charge in [-0.05, 0) is 35.4 Å². The van der Waals surface area contributed by atoms with Crippen LogP contribution < -0.4 is 5.32 Å². The highest BCUT2D eigenvalue weighted by atomic mass is 32.1. The fourth-order valence-electron chi connectivity index (χ4n) is 1.28. The first-order chi connectivity index (χ1) is 6.86. The zero-order valence-corrected chi connectivity index (χ0v) is 8.84. The SMILES string of the molecule is CC(NCc1ccsc1)c1ccn[nH]1. The van der Waals surface area contributed by atoms with Crippen molar-refractivity contribution in [2.24, 2.45) is 0 Å². The first-order valence-electron chi connectivity index (χ1n) is 4.60. The maximum absolute atomic E-state index is 3.93. The first-order valence-corrected chi connectivity index (χ1v) is 5.54. The van der Waals surface area contributed by atoms with Gasteiger partial charge in [0.05, 0.1) is 5.69 Å². The topological polar surface area (TPSA) is 40.7 Å². The molecule has 0 spiro atoms. The van der Waals surface area contributed by atoms with E-state index in [-0.39, 0.29) is 0 Å². The summed E-state index contributed by atoms with van der Waals surface area (Å²) >= 11 is 1.73. The van der Waals surface area contributed by atoms with Crippen molar-refractivity contribution in [2.45, 2.75) is 19.5 Å². The monoisotopic (exact) mass is 207 g/mol. The van der Waals surface area contributed by atoms with Crippen molar-refractivity contribution < 1.29 is 0 Å². The highest BCUT2D eigenvalue weighted by Gasteiger charge is 2.05. The van der Waals surface area contributed by atoms with Crippen LogP contribution in [0.1, 0.15) is 24.2 Å². The van der Waals surface area contributed by atoms with Gasteiger partial charge in [-0.3, -0.25) is 5.10 Å². The Balaban J connectivity index is 1.87. The minimum atomic E-state index is 0.317. The van der Waals surface area contributed by atoms with Gasteiger partial charge in [-0.15, -0.1) is 0 Å². The van der Waals surface area contributed by atoms with E-state index in [4.69, 9.17) is 0 Å². The molecule has 2 rings (SSSR count). The van der Waals surface area contributed by atoms with Crippen LogP contribution in [-0.4, -0.2) is 10.2 Å². The van der Waals surface area contributed by atoms with Crippen LogP contribution in [0, 0.1) is 0 Å². The number of aromatic nitrogens is 2. The lowest BCUT2D eigenvalue weighted by molar-refractivity contribution is 0.561. The maximum atomic E-state index is 3.93. The van der Waals surface area contributed by atoms with Crippen molar-refractivity contribution >= 4 is 11.3 Å². The molecule has 2 heterocycles. The quantitative estimate of drug-likeness (QED) is 0.807. The zero-order chi connectivity index (χ0) is 9.80. The van der Waals surface area contributed by atoms with E-state index in [1.807, 2.05) is 6.07 Å². The number of nitrogens with zero attached hydrogens (tertiary/aromatic N) is 1. The van der Waals surface area contributed by atoms with E-state index in [1.165, 1.54) is 5.56 Å². The molecule has 0 aliphatic heterocycles. The largest absolute Gasteiger partial charge is 0.305 e. The molecule has 14 heavy (non-hydrogen) atoms. The summed E-state index contributed by atoms with van der Waals surface area (Å²) in [6.45, 7) is 3.03. The van der Waals surface area contributed by atoms with E-state index in [9.17, 15) is 0 Å². The molecule has 4 heteroatoms. The minimum Gasteiger partial charge on any atom is -0.305 e. The predicted molar refractivity (Wildman–Crippen MR) is 58.2 cm³/mol. The first kappa shape index (κ1) is 9.43. The molecular weight excluding hydrogens is 194 g/mol. The average molecular weight is 207 g/mol. The molecule has 1 atom stereocenters. The summed E-state index contributed by atoms with van der Waals surface area (Å²) in [6.07, 6.45) is 1.78. The summed E-state index contributed by atoms with van der Waals surface area (Å²) in [7, 11) is 0. The number of rotatable bonds is 4. The Bertz CT molecular complexity index is 353. The van der Waals surface area contributed by atoms with E-state index >= 15 is 0 Å². The van der Waals surface area contributed by atoms with Gasteiger partial charge in [0.25, 0.3) is 0 Å². The normalized spacial score (nSPS) is 12.9. The number of thiophene rings is 1. The van der Waals surface area contributed by atoms with Crippen LogP contribution >= 0.6 is 11.3 Å². The minimum absolute atomic E-state index is 0.317. The second kappa shape index (κ2) is 4.39. The van der Waals surface area contributed by atoms with Gasteiger partial charge in [0.1, 0.15) is 0 Å². The number of H-pyrrole nitrogens is 1. The zero-order valence-electron chi connectivity index (χ0n) is 8.03. The second-order valence-electron chi connectivity index (χ2n) is 3.25. The van der Waals surface area contributed by atoms with Crippen LogP contribution in [0.2, 0.25) is 0 Å². The maximum Gasteiger partial charge on any atom is 0.0518 e. The van der Waals surface area contributed by atoms with Crippen LogP contribution in [0.15, 0.2) is 29.1 Å². The average Bonchev–Trinajstić information content (AvgIpc) is 2.87. The van der Waals surface area contributed by atoms with Gasteiger partial charge in [0, 0.05) is 18.8 Å². The summed E-state index contributed by atoms with van der Waals surface area (Å²) in [5.41, 5.74) is 2.46. The lowest BCUT2D eigenvalue weighted by Crippen LogP contribution is -2.17. The lowest BCUT2D eigenvalue weighted by atomic mass is 10.2. The highest BCUT2D eigenvalue weighted by molar-refractivity contribution is 7.07. The van der Waals surface area contributed by atoms with Gasteiger partial charge in [0.2, 0.25) is 0 Å². The Hall–Kier alpha value is -1.13. The molecule has 0 fully saturated rings. The lowest BCUT2D eigenvalue weighted by Gasteiger charge is -2.10. The molecule has 3 nitrogen and oxygen atoms in total. The molecule has 0 amide bonds. The Morgan fingerprint density at radius 2 is 2.50 bits per heavy atom. The predicted octanol–water partition coefficient (Wildman–Crippen LogP) is 2.32. The molecule has 1 unspecified atom stereocenters. The summed E-state index contributed by atoms with van der Waals surface area (Å²) in [5.74, 6) is 0. The molecule has 0 radical (unpaired) electrons. The standard InChI is InChI=1S/C10H13N3S/c1-8(10-2-4-12-13-10)11-6-9-3-5-14-7-9/h2-5,7-8,11H,6H2,1H3,(H,12,13). The van der Waals surface area contributed by atoms with Crippen molar-refractivity contribution in [3.63, 3.8) is 0 Å². The number of aromatic amines is 1. The smallest absolute Gasteiger partial charge is 0.0518 e. The molecule has 74 valence electrons. The molecule has 2 aromatic heterocycles. The molecule has 0 saturated heterocycles. The molecule has 0 aliphatic carbocycles. The van der Waals surface area contributed by atoms with Crippen molar-refractivity contribution in [3.05, 3.63) is 40.3 Å². The highest BCUT2D eigenvalue weighted by Crippen LogP contribution is 2.10. The fourth-order valence-corrected chi connectivity index (χ4v) is 1.95. The third kappa shape index (κ3) is 2.21. The Kier molecular flexibility index (Phi) is 2.96. The van der Waals surface area contributed by atoms with Gasteiger partial charge >= 0.3 is 0 Å². The van der Waals surface area contributed by atoms with Gasteiger partial charge < -0.3 is 5.32 Å². The molecule has 0 aromatic carbocycles. The number of hydrogen-bond acceptors (Lipinski definition) is 3. The van der Waals surface area contributed by atoms with Crippen molar-refractivity contribution in [1.29, 1.82) is 0 Å². The Morgan fingerprint density at radius 1 is 1.57 bits per heavy atom. The molecule has 2 N–H and O–H groups in total. The third-order valence-electron chi connectivity index (χ3n) is 2.18. The van der Waals surface area contributed by atoms with Crippen molar-refractivity contribution in [1.82, 2.24) is 15.5 Å². The molecule has 0 bridgehead atoms. The van der Waals surface area contributed by atoms with Gasteiger partial charge in [-0.2, -0.15) is 16.4 Å². The van der Waals surface area contributed by atoms with Crippen molar-refractivity contribution in [3.8, 4) is 0 Å². The Labute approximate surface area is 87.2 Å². The molecule has 0 saturated carbocycles. The van der Waals surface area contributed by atoms with Crippen LogP contribution in [0.4, 0.5) is 0 Å².